The number of aliphatic hydroxyl groups excluding tert-OH is 1. The van der Waals surface area contributed by atoms with Crippen LogP contribution in [-0.4, -0.2) is 56.6 Å². The number of hydrogen-bond acceptors (Lipinski definition) is 5. The van der Waals surface area contributed by atoms with Gasteiger partial charge in [-0.3, -0.25) is 4.79 Å². The molecule has 1 aliphatic rings. The highest BCUT2D eigenvalue weighted by molar-refractivity contribution is 7.89. The molecule has 0 radical (unpaired) electrons. The molecule has 1 aliphatic heterocycles. The van der Waals surface area contributed by atoms with Gasteiger partial charge in [0.25, 0.3) is 5.91 Å². The molecule has 0 aliphatic carbocycles. The highest BCUT2D eigenvalue weighted by Gasteiger charge is 2.30. The number of nitrogens with zero attached hydrogens (tertiary/aromatic N) is 1. The van der Waals surface area contributed by atoms with Crippen molar-refractivity contribution in [1.82, 2.24) is 9.62 Å². The van der Waals surface area contributed by atoms with E-state index >= 15 is 0 Å². The minimum Gasteiger partial charge on any atom is -0.387 e. The maximum absolute atomic E-state index is 12.9. The highest BCUT2D eigenvalue weighted by atomic mass is 35.5. The molecule has 1 amide bonds. The molecule has 29 heavy (non-hydrogen) atoms. The van der Waals surface area contributed by atoms with Crippen LogP contribution in [0.3, 0.4) is 0 Å². The first-order chi connectivity index (χ1) is 13.8. The van der Waals surface area contributed by atoms with Crippen molar-refractivity contribution in [3.8, 4) is 0 Å². The predicted octanol–water partition coefficient (Wildman–Crippen LogP) is 2.48. The van der Waals surface area contributed by atoms with E-state index in [0.29, 0.717) is 5.56 Å². The average molecular weight is 459 g/mol. The summed E-state index contributed by atoms with van der Waals surface area (Å²) in [7, 11) is -3.91. The van der Waals surface area contributed by atoms with Crippen molar-refractivity contribution in [1.29, 1.82) is 0 Å². The second kappa shape index (κ2) is 9.42. The summed E-state index contributed by atoms with van der Waals surface area (Å²) in [6, 6.07) is 11.2. The Bertz CT molecular complexity index is 980. The van der Waals surface area contributed by atoms with Crippen LogP contribution in [0.1, 0.15) is 22.0 Å². The Labute approximate surface area is 179 Å². The van der Waals surface area contributed by atoms with Gasteiger partial charge in [0.1, 0.15) is 4.90 Å². The van der Waals surface area contributed by atoms with Gasteiger partial charge in [0.15, 0.2) is 0 Å². The first kappa shape index (κ1) is 22.0. The number of nitrogens with one attached hydrogen (secondary N) is 1. The summed E-state index contributed by atoms with van der Waals surface area (Å²) < 4.78 is 32.3. The van der Waals surface area contributed by atoms with E-state index in [1.54, 1.807) is 24.3 Å². The lowest BCUT2D eigenvalue weighted by atomic mass is 10.1. The molecule has 2 N–H and O–H groups in total. The van der Waals surface area contributed by atoms with E-state index in [9.17, 15) is 18.3 Å². The maximum Gasteiger partial charge on any atom is 0.252 e. The number of halogens is 2. The standard InChI is InChI=1S/C19H20Cl2N2O5S/c20-15-11-16(21)18(29(26,27)23-6-8-28-9-7-23)10-14(15)19(25)22-12-17(24)13-4-2-1-3-5-13/h1-5,10-11,17,24H,6-9,12H2,(H,22,25). The van der Waals surface area contributed by atoms with Crippen LogP contribution in [-0.2, 0) is 14.8 Å². The molecule has 10 heteroatoms. The molecule has 156 valence electrons. The van der Waals surface area contributed by atoms with E-state index in [1.807, 2.05) is 6.07 Å². The molecule has 0 bridgehead atoms. The molecule has 3 rings (SSSR count). The minimum atomic E-state index is -3.91. The highest BCUT2D eigenvalue weighted by Crippen LogP contribution is 2.31. The van der Waals surface area contributed by atoms with Gasteiger partial charge in [0.05, 0.1) is 34.9 Å². The smallest absolute Gasteiger partial charge is 0.252 e. The molecule has 7 nitrogen and oxygen atoms in total. The van der Waals surface area contributed by atoms with Gasteiger partial charge in [-0.15, -0.1) is 0 Å². The Hall–Kier alpha value is -1.68. The summed E-state index contributed by atoms with van der Waals surface area (Å²) in [4.78, 5) is 12.4. The quantitative estimate of drug-likeness (QED) is 0.692. The maximum atomic E-state index is 12.9. The average Bonchev–Trinajstić information content (AvgIpc) is 2.73. The van der Waals surface area contributed by atoms with Crippen LogP contribution in [0.4, 0.5) is 0 Å². The van der Waals surface area contributed by atoms with Crippen molar-refractivity contribution in [2.45, 2.75) is 11.0 Å². The van der Waals surface area contributed by atoms with Gasteiger partial charge in [-0.25, -0.2) is 8.42 Å². The second-order valence-electron chi connectivity index (χ2n) is 6.42. The zero-order chi connectivity index (χ0) is 21.0. The summed E-state index contributed by atoms with van der Waals surface area (Å²) >= 11 is 12.3. The fourth-order valence-corrected chi connectivity index (χ4v) is 5.15. The second-order valence-corrected chi connectivity index (χ2v) is 9.14. The number of benzene rings is 2. The number of sulfonamides is 1. The third-order valence-electron chi connectivity index (χ3n) is 4.49. The van der Waals surface area contributed by atoms with Crippen LogP contribution < -0.4 is 5.32 Å². The number of rotatable bonds is 6. The van der Waals surface area contributed by atoms with Crippen molar-refractivity contribution < 1.29 is 23.1 Å². The number of amides is 1. The van der Waals surface area contributed by atoms with Gasteiger partial charge in [0, 0.05) is 19.6 Å². The molecular formula is C19H20Cl2N2O5S. The Morgan fingerprint density at radius 1 is 1.14 bits per heavy atom. The van der Waals surface area contributed by atoms with E-state index < -0.39 is 22.0 Å². The minimum absolute atomic E-state index is 0.0163. The van der Waals surface area contributed by atoms with Crippen LogP contribution in [0.2, 0.25) is 10.0 Å². The Morgan fingerprint density at radius 2 is 1.79 bits per heavy atom. The number of aliphatic hydroxyl groups is 1. The first-order valence-electron chi connectivity index (χ1n) is 8.89. The molecule has 1 heterocycles. The van der Waals surface area contributed by atoms with Gasteiger partial charge < -0.3 is 15.2 Å². The van der Waals surface area contributed by atoms with Gasteiger partial charge in [-0.1, -0.05) is 53.5 Å². The molecule has 1 saturated heterocycles. The van der Waals surface area contributed by atoms with Crippen LogP contribution in [0.25, 0.3) is 0 Å². The topological polar surface area (TPSA) is 95.9 Å². The monoisotopic (exact) mass is 458 g/mol. The zero-order valence-electron chi connectivity index (χ0n) is 15.3. The number of morpholine rings is 1. The van der Waals surface area contributed by atoms with Crippen molar-refractivity contribution >= 4 is 39.1 Å². The van der Waals surface area contributed by atoms with Crippen molar-refractivity contribution in [3.05, 3.63) is 63.6 Å². The van der Waals surface area contributed by atoms with Crippen molar-refractivity contribution in [3.63, 3.8) is 0 Å². The van der Waals surface area contributed by atoms with E-state index in [2.05, 4.69) is 5.32 Å². The number of hydrogen-bond donors (Lipinski definition) is 2. The number of carbonyl (C=O) groups is 1. The van der Waals surface area contributed by atoms with Gasteiger partial charge in [-0.2, -0.15) is 4.31 Å². The lowest BCUT2D eigenvalue weighted by Crippen LogP contribution is -2.40. The molecule has 2 aromatic rings. The molecule has 0 spiro atoms. The molecule has 2 aromatic carbocycles. The lowest BCUT2D eigenvalue weighted by Gasteiger charge is -2.26. The van der Waals surface area contributed by atoms with E-state index in [4.69, 9.17) is 27.9 Å². The fourth-order valence-electron chi connectivity index (χ4n) is 2.90. The van der Waals surface area contributed by atoms with Crippen LogP contribution >= 0.6 is 23.2 Å². The largest absolute Gasteiger partial charge is 0.387 e. The summed E-state index contributed by atoms with van der Waals surface area (Å²) in [5.41, 5.74) is 0.605. The normalized spacial score (nSPS) is 16.4. The lowest BCUT2D eigenvalue weighted by molar-refractivity contribution is 0.0730. The van der Waals surface area contributed by atoms with Crippen LogP contribution in [0.5, 0.6) is 0 Å². The van der Waals surface area contributed by atoms with E-state index in [-0.39, 0.29) is 53.4 Å². The number of carbonyl (C=O) groups excluding carboxylic acids is 1. The summed E-state index contributed by atoms with van der Waals surface area (Å²) in [6.45, 7) is 0.913. The van der Waals surface area contributed by atoms with Gasteiger partial charge in [0.2, 0.25) is 10.0 Å². The molecule has 1 unspecified atom stereocenters. The predicted molar refractivity (Wildman–Crippen MR) is 110 cm³/mol. The van der Waals surface area contributed by atoms with Gasteiger partial charge >= 0.3 is 0 Å². The molecule has 0 aromatic heterocycles. The van der Waals surface area contributed by atoms with Crippen molar-refractivity contribution in [2.24, 2.45) is 0 Å². The first-order valence-corrected chi connectivity index (χ1v) is 11.1. The Kier molecular flexibility index (Phi) is 7.15. The third kappa shape index (κ3) is 5.09. The Morgan fingerprint density at radius 3 is 2.45 bits per heavy atom. The van der Waals surface area contributed by atoms with Crippen LogP contribution in [0, 0.1) is 0 Å². The van der Waals surface area contributed by atoms with E-state index in [0.717, 1.165) is 0 Å². The van der Waals surface area contributed by atoms with Crippen molar-refractivity contribution in [2.75, 3.05) is 32.8 Å². The molecule has 1 atom stereocenters. The molecule has 0 saturated carbocycles. The Balaban J connectivity index is 1.80. The molecule has 1 fully saturated rings. The summed E-state index contributed by atoms with van der Waals surface area (Å²) in [5, 5.41) is 12.7. The summed E-state index contributed by atoms with van der Waals surface area (Å²) in [6.07, 6.45) is -0.914. The molecular weight excluding hydrogens is 439 g/mol. The zero-order valence-corrected chi connectivity index (χ0v) is 17.7. The third-order valence-corrected chi connectivity index (χ3v) is 7.17. The SMILES string of the molecule is O=C(NCC(O)c1ccccc1)c1cc(S(=O)(=O)N2CCOCC2)c(Cl)cc1Cl. The van der Waals surface area contributed by atoms with Gasteiger partial charge in [-0.05, 0) is 17.7 Å². The fraction of sp³-hybridized carbons (Fsp3) is 0.316. The van der Waals surface area contributed by atoms with Crippen LogP contribution in [0.15, 0.2) is 47.4 Å². The number of ether oxygens (including phenoxy) is 1. The summed E-state index contributed by atoms with van der Waals surface area (Å²) in [5.74, 6) is -0.611. The van der Waals surface area contributed by atoms with E-state index in [1.165, 1.54) is 16.4 Å².